The average Bonchev–Trinajstić information content (AvgIpc) is 2.87. The smallest absolute Gasteiger partial charge is 0.269 e. The van der Waals surface area contributed by atoms with Crippen LogP contribution in [0.1, 0.15) is 24.8 Å². The number of nitrogens with zero attached hydrogens (tertiary/aromatic N) is 3. The molecule has 4 aromatic rings. The van der Waals surface area contributed by atoms with Gasteiger partial charge < -0.3 is 4.90 Å². The molecule has 5 rings (SSSR count). The fourth-order valence-electron chi connectivity index (χ4n) is 4.38. The summed E-state index contributed by atoms with van der Waals surface area (Å²) >= 11 is 0. The molecule has 0 atom stereocenters. The first kappa shape index (κ1) is 20.3. The normalized spacial score (nSPS) is 13.8. The van der Waals surface area contributed by atoms with Crippen molar-refractivity contribution >= 4 is 5.69 Å². The Morgan fingerprint density at radius 2 is 1.28 bits per heavy atom. The van der Waals surface area contributed by atoms with E-state index in [0.717, 1.165) is 48.4 Å². The SMILES string of the molecule is O=c1cc(N2CCCCC2)c(-c2ccc(-c3ccccc3)cc2)nn1Cc1ccccc1. The minimum atomic E-state index is -0.0564. The van der Waals surface area contributed by atoms with Crippen molar-refractivity contribution in [3.8, 4) is 22.4 Å². The number of aromatic nitrogens is 2. The maximum Gasteiger partial charge on any atom is 0.269 e. The number of anilines is 1. The van der Waals surface area contributed by atoms with Gasteiger partial charge in [-0.2, -0.15) is 5.10 Å². The van der Waals surface area contributed by atoms with Crippen molar-refractivity contribution in [3.63, 3.8) is 0 Å². The summed E-state index contributed by atoms with van der Waals surface area (Å²) in [5, 5.41) is 4.88. The minimum absolute atomic E-state index is 0.0564. The van der Waals surface area contributed by atoms with E-state index in [2.05, 4.69) is 53.4 Å². The third kappa shape index (κ3) is 4.35. The summed E-state index contributed by atoms with van der Waals surface area (Å²) in [4.78, 5) is 15.3. The van der Waals surface area contributed by atoms with Gasteiger partial charge in [0.25, 0.3) is 5.56 Å². The molecule has 0 saturated carbocycles. The van der Waals surface area contributed by atoms with Crippen molar-refractivity contribution in [1.29, 1.82) is 0 Å². The maximum absolute atomic E-state index is 13.0. The van der Waals surface area contributed by atoms with Gasteiger partial charge in [-0.1, -0.05) is 84.9 Å². The summed E-state index contributed by atoms with van der Waals surface area (Å²) in [6.45, 7) is 2.41. The Hall–Kier alpha value is -3.66. The fraction of sp³-hybridized carbons (Fsp3) is 0.214. The predicted molar refractivity (Wildman–Crippen MR) is 131 cm³/mol. The highest BCUT2D eigenvalue weighted by atomic mass is 16.1. The standard InChI is InChI=1S/C28H27N3O/c32-27-20-26(30-18-8-3-9-19-30)28(29-31(27)21-22-10-4-1-5-11-22)25-16-14-24(15-17-25)23-12-6-2-7-13-23/h1-2,4-7,10-17,20H,3,8-9,18-19,21H2. The second-order valence-electron chi connectivity index (χ2n) is 8.35. The summed E-state index contributed by atoms with van der Waals surface area (Å²) in [6.07, 6.45) is 3.55. The average molecular weight is 422 g/mol. The van der Waals surface area contributed by atoms with Gasteiger partial charge in [-0.05, 0) is 36.0 Å². The monoisotopic (exact) mass is 421 g/mol. The summed E-state index contributed by atoms with van der Waals surface area (Å²) in [5.74, 6) is 0. The summed E-state index contributed by atoms with van der Waals surface area (Å²) < 4.78 is 1.59. The minimum Gasteiger partial charge on any atom is -0.370 e. The van der Waals surface area contributed by atoms with E-state index >= 15 is 0 Å². The van der Waals surface area contributed by atoms with E-state index in [1.165, 1.54) is 17.5 Å². The van der Waals surface area contributed by atoms with Crippen LogP contribution in [0.2, 0.25) is 0 Å². The molecule has 2 heterocycles. The molecule has 0 bridgehead atoms. The second kappa shape index (κ2) is 9.23. The van der Waals surface area contributed by atoms with Crippen molar-refractivity contribution in [2.75, 3.05) is 18.0 Å². The zero-order valence-corrected chi connectivity index (χ0v) is 18.2. The molecule has 0 amide bonds. The molecule has 1 aliphatic heterocycles. The highest BCUT2D eigenvalue weighted by Gasteiger charge is 2.19. The van der Waals surface area contributed by atoms with Gasteiger partial charge in [0.15, 0.2) is 0 Å². The number of benzene rings is 3. The molecule has 4 heteroatoms. The number of piperidine rings is 1. The molecule has 160 valence electrons. The van der Waals surface area contributed by atoms with E-state index in [1.54, 1.807) is 10.7 Å². The first-order chi connectivity index (χ1) is 15.8. The van der Waals surface area contributed by atoms with Crippen LogP contribution in [0.4, 0.5) is 5.69 Å². The second-order valence-corrected chi connectivity index (χ2v) is 8.35. The van der Waals surface area contributed by atoms with Gasteiger partial charge in [-0.25, -0.2) is 4.68 Å². The first-order valence-electron chi connectivity index (χ1n) is 11.3. The van der Waals surface area contributed by atoms with Crippen molar-refractivity contribution < 1.29 is 0 Å². The van der Waals surface area contributed by atoms with Crippen LogP contribution in [0.25, 0.3) is 22.4 Å². The van der Waals surface area contributed by atoms with Crippen LogP contribution in [-0.4, -0.2) is 22.9 Å². The summed E-state index contributed by atoms with van der Waals surface area (Å²) in [6, 6.07) is 30.7. The van der Waals surface area contributed by atoms with Gasteiger partial charge in [-0.3, -0.25) is 4.79 Å². The Labute approximate surface area is 188 Å². The van der Waals surface area contributed by atoms with Gasteiger partial charge in [0.1, 0.15) is 5.69 Å². The molecule has 0 N–H and O–H groups in total. The van der Waals surface area contributed by atoms with Crippen LogP contribution in [0.3, 0.4) is 0 Å². The highest BCUT2D eigenvalue weighted by Crippen LogP contribution is 2.31. The lowest BCUT2D eigenvalue weighted by Crippen LogP contribution is -2.33. The zero-order chi connectivity index (χ0) is 21.8. The van der Waals surface area contributed by atoms with Crippen LogP contribution in [0.5, 0.6) is 0 Å². The molecule has 0 spiro atoms. The topological polar surface area (TPSA) is 38.1 Å². The molecule has 1 saturated heterocycles. The molecule has 0 unspecified atom stereocenters. The van der Waals surface area contributed by atoms with Crippen LogP contribution >= 0.6 is 0 Å². The molecule has 32 heavy (non-hydrogen) atoms. The van der Waals surface area contributed by atoms with Crippen LogP contribution in [-0.2, 0) is 6.54 Å². The number of rotatable bonds is 5. The van der Waals surface area contributed by atoms with Gasteiger partial charge in [0, 0.05) is 24.7 Å². The van der Waals surface area contributed by atoms with Crippen LogP contribution in [0.15, 0.2) is 95.8 Å². The molecule has 0 radical (unpaired) electrons. The molecule has 4 nitrogen and oxygen atoms in total. The van der Waals surface area contributed by atoms with Gasteiger partial charge >= 0.3 is 0 Å². The highest BCUT2D eigenvalue weighted by molar-refractivity contribution is 5.77. The zero-order valence-electron chi connectivity index (χ0n) is 18.2. The van der Waals surface area contributed by atoms with E-state index in [4.69, 9.17) is 5.10 Å². The van der Waals surface area contributed by atoms with Gasteiger partial charge in [0.2, 0.25) is 0 Å². The third-order valence-corrected chi connectivity index (χ3v) is 6.12. The van der Waals surface area contributed by atoms with E-state index in [1.807, 2.05) is 36.4 Å². The molecule has 1 aromatic heterocycles. The quantitative estimate of drug-likeness (QED) is 0.420. The fourth-order valence-corrected chi connectivity index (χ4v) is 4.38. The van der Waals surface area contributed by atoms with Crippen molar-refractivity contribution in [2.24, 2.45) is 0 Å². The lowest BCUT2D eigenvalue weighted by molar-refractivity contribution is 0.572. The predicted octanol–water partition coefficient (Wildman–Crippen LogP) is 5.62. The van der Waals surface area contributed by atoms with Gasteiger partial charge in [0.05, 0.1) is 12.2 Å². The van der Waals surface area contributed by atoms with E-state index < -0.39 is 0 Å². The first-order valence-corrected chi connectivity index (χ1v) is 11.3. The summed E-state index contributed by atoms with van der Waals surface area (Å²) in [7, 11) is 0. The van der Waals surface area contributed by atoms with Crippen LogP contribution < -0.4 is 10.5 Å². The Kier molecular flexibility index (Phi) is 5.84. The van der Waals surface area contributed by atoms with Crippen LogP contribution in [0, 0.1) is 0 Å². The Morgan fingerprint density at radius 1 is 0.688 bits per heavy atom. The molecule has 3 aromatic carbocycles. The Morgan fingerprint density at radius 3 is 1.97 bits per heavy atom. The molecular formula is C28H27N3O. The Bertz CT molecular complexity index is 1230. The Balaban J connectivity index is 1.56. The molecule has 1 aliphatic rings. The number of hydrogen-bond donors (Lipinski definition) is 0. The number of hydrogen-bond acceptors (Lipinski definition) is 3. The van der Waals surface area contributed by atoms with Gasteiger partial charge in [-0.15, -0.1) is 0 Å². The maximum atomic E-state index is 13.0. The van der Waals surface area contributed by atoms with Crippen molar-refractivity contribution in [2.45, 2.75) is 25.8 Å². The van der Waals surface area contributed by atoms with Crippen molar-refractivity contribution in [1.82, 2.24) is 9.78 Å². The molecule has 0 aliphatic carbocycles. The van der Waals surface area contributed by atoms with E-state index in [-0.39, 0.29) is 5.56 Å². The largest absolute Gasteiger partial charge is 0.370 e. The third-order valence-electron chi connectivity index (χ3n) is 6.12. The van der Waals surface area contributed by atoms with E-state index in [9.17, 15) is 4.79 Å². The molecular weight excluding hydrogens is 394 g/mol. The lowest BCUT2D eigenvalue weighted by Gasteiger charge is -2.30. The van der Waals surface area contributed by atoms with E-state index in [0.29, 0.717) is 6.54 Å². The summed E-state index contributed by atoms with van der Waals surface area (Å²) in [5.41, 5.74) is 6.24. The lowest BCUT2D eigenvalue weighted by atomic mass is 10.0. The van der Waals surface area contributed by atoms with Crippen molar-refractivity contribution in [3.05, 3.63) is 107 Å². The molecule has 1 fully saturated rings.